The minimum absolute atomic E-state index is 0.173. The van der Waals surface area contributed by atoms with Gasteiger partial charge >= 0.3 is 0 Å². The smallest absolute Gasteiger partial charge is 0.227 e. The second-order valence-electron chi connectivity index (χ2n) is 5.33. The van der Waals surface area contributed by atoms with Gasteiger partial charge in [-0.25, -0.2) is 0 Å². The fraction of sp³-hybridized carbons (Fsp3) is 0.533. The van der Waals surface area contributed by atoms with E-state index in [9.17, 15) is 4.79 Å². The Morgan fingerprint density at radius 2 is 2.25 bits per heavy atom. The molecule has 0 aliphatic carbocycles. The van der Waals surface area contributed by atoms with E-state index < -0.39 is 0 Å². The SMILES string of the molecule is CC1CN(CCN)CCN1C(=O)Cc1cccc(Cl)c1. The van der Waals surface area contributed by atoms with Gasteiger partial charge in [0, 0.05) is 43.8 Å². The first kappa shape index (κ1) is 15.3. The van der Waals surface area contributed by atoms with E-state index in [1.54, 1.807) is 0 Å². The van der Waals surface area contributed by atoms with E-state index in [4.69, 9.17) is 17.3 Å². The molecule has 0 aromatic heterocycles. The Morgan fingerprint density at radius 1 is 1.45 bits per heavy atom. The van der Waals surface area contributed by atoms with E-state index in [0.717, 1.165) is 31.7 Å². The standard InChI is InChI=1S/C15H22ClN3O/c1-12-11-18(6-5-17)7-8-19(12)15(20)10-13-3-2-4-14(16)9-13/h2-4,9,12H,5-8,10-11,17H2,1H3. The van der Waals surface area contributed by atoms with Crippen LogP contribution in [0.2, 0.25) is 5.02 Å². The quantitative estimate of drug-likeness (QED) is 0.913. The summed E-state index contributed by atoms with van der Waals surface area (Å²) in [5.74, 6) is 0.173. The van der Waals surface area contributed by atoms with Crippen molar-refractivity contribution in [2.45, 2.75) is 19.4 Å². The van der Waals surface area contributed by atoms with E-state index in [2.05, 4.69) is 11.8 Å². The molecule has 110 valence electrons. The van der Waals surface area contributed by atoms with E-state index in [1.165, 1.54) is 0 Å². The van der Waals surface area contributed by atoms with Gasteiger partial charge in [0.2, 0.25) is 5.91 Å². The van der Waals surface area contributed by atoms with Gasteiger partial charge in [-0.3, -0.25) is 9.69 Å². The normalized spacial score (nSPS) is 20.1. The first-order valence-electron chi connectivity index (χ1n) is 7.06. The molecular formula is C15H22ClN3O. The molecule has 1 aliphatic rings. The van der Waals surface area contributed by atoms with Gasteiger partial charge in [-0.1, -0.05) is 23.7 Å². The van der Waals surface area contributed by atoms with Crippen molar-refractivity contribution in [3.05, 3.63) is 34.9 Å². The fourth-order valence-corrected chi connectivity index (χ4v) is 2.93. The molecule has 1 heterocycles. The van der Waals surface area contributed by atoms with E-state index in [-0.39, 0.29) is 11.9 Å². The second kappa shape index (κ2) is 7.07. The summed E-state index contributed by atoms with van der Waals surface area (Å²) in [6.07, 6.45) is 0.418. The highest BCUT2D eigenvalue weighted by molar-refractivity contribution is 6.30. The number of hydrogen-bond donors (Lipinski definition) is 1. The third-order valence-electron chi connectivity index (χ3n) is 3.72. The highest BCUT2D eigenvalue weighted by atomic mass is 35.5. The van der Waals surface area contributed by atoms with Crippen molar-refractivity contribution in [2.24, 2.45) is 5.73 Å². The largest absolute Gasteiger partial charge is 0.337 e. The van der Waals surface area contributed by atoms with Crippen LogP contribution in [0.25, 0.3) is 0 Å². The minimum Gasteiger partial charge on any atom is -0.337 e. The molecule has 5 heteroatoms. The molecule has 0 spiro atoms. The molecule has 1 aliphatic heterocycles. The fourth-order valence-electron chi connectivity index (χ4n) is 2.71. The number of benzene rings is 1. The second-order valence-corrected chi connectivity index (χ2v) is 5.77. The zero-order valence-corrected chi connectivity index (χ0v) is 12.6. The molecular weight excluding hydrogens is 274 g/mol. The van der Waals surface area contributed by atoms with Crippen LogP contribution in [0.4, 0.5) is 0 Å². The molecule has 1 fully saturated rings. The molecule has 0 radical (unpaired) electrons. The van der Waals surface area contributed by atoms with Crippen LogP contribution < -0.4 is 5.73 Å². The summed E-state index contributed by atoms with van der Waals surface area (Å²) in [6.45, 7) is 6.25. The first-order chi connectivity index (χ1) is 9.60. The summed E-state index contributed by atoms with van der Waals surface area (Å²) >= 11 is 5.95. The Hall–Kier alpha value is -1.10. The Balaban J connectivity index is 1.93. The predicted molar refractivity (Wildman–Crippen MR) is 81.8 cm³/mol. The van der Waals surface area contributed by atoms with Gasteiger partial charge < -0.3 is 10.6 Å². The minimum atomic E-state index is 0.173. The Kier molecular flexibility index (Phi) is 5.40. The van der Waals surface area contributed by atoms with Gasteiger partial charge in [-0.2, -0.15) is 0 Å². The number of hydrogen-bond acceptors (Lipinski definition) is 3. The lowest BCUT2D eigenvalue weighted by atomic mass is 10.1. The zero-order chi connectivity index (χ0) is 14.5. The molecule has 1 atom stereocenters. The molecule has 2 N–H and O–H groups in total. The van der Waals surface area contributed by atoms with Gasteiger partial charge in [0.05, 0.1) is 6.42 Å². The number of nitrogens with zero attached hydrogens (tertiary/aromatic N) is 2. The number of carbonyl (C=O) groups is 1. The third-order valence-corrected chi connectivity index (χ3v) is 3.96. The Morgan fingerprint density at radius 3 is 2.90 bits per heavy atom. The average molecular weight is 296 g/mol. The van der Waals surface area contributed by atoms with Crippen LogP contribution in [-0.4, -0.2) is 54.5 Å². The zero-order valence-electron chi connectivity index (χ0n) is 11.9. The molecule has 1 saturated heterocycles. The topological polar surface area (TPSA) is 49.6 Å². The van der Waals surface area contributed by atoms with Gasteiger partial charge in [0.15, 0.2) is 0 Å². The summed E-state index contributed by atoms with van der Waals surface area (Å²) in [5.41, 5.74) is 6.55. The molecule has 1 amide bonds. The lowest BCUT2D eigenvalue weighted by Gasteiger charge is -2.39. The van der Waals surface area contributed by atoms with Gasteiger partial charge in [0.1, 0.15) is 0 Å². The van der Waals surface area contributed by atoms with E-state index in [0.29, 0.717) is 18.0 Å². The molecule has 2 rings (SSSR count). The predicted octanol–water partition coefficient (Wildman–Crippen LogP) is 1.37. The third kappa shape index (κ3) is 3.95. The van der Waals surface area contributed by atoms with Gasteiger partial charge in [-0.15, -0.1) is 0 Å². The highest BCUT2D eigenvalue weighted by Gasteiger charge is 2.26. The molecule has 1 aromatic carbocycles. The Bertz CT molecular complexity index is 466. The van der Waals surface area contributed by atoms with Gasteiger partial charge in [0.25, 0.3) is 0 Å². The maximum atomic E-state index is 12.4. The van der Waals surface area contributed by atoms with Crippen LogP contribution in [-0.2, 0) is 11.2 Å². The van der Waals surface area contributed by atoms with Crippen LogP contribution in [0.5, 0.6) is 0 Å². The highest BCUT2D eigenvalue weighted by Crippen LogP contribution is 2.15. The first-order valence-corrected chi connectivity index (χ1v) is 7.44. The lowest BCUT2D eigenvalue weighted by molar-refractivity contribution is -0.134. The Labute approximate surface area is 125 Å². The maximum Gasteiger partial charge on any atom is 0.227 e. The summed E-state index contributed by atoms with van der Waals surface area (Å²) < 4.78 is 0. The van der Waals surface area contributed by atoms with E-state index >= 15 is 0 Å². The molecule has 1 unspecified atom stereocenters. The molecule has 0 bridgehead atoms. The van der Waals surface area contributed by atoms with Crippen LogP contribution >= 0.6 is 11.6 Å². The van der Waals surface area contributed by atoms with Crippen LogP contribution in [0.3, 0.4) is 0 Å². The monoisotopic (exact) mass is 295 g/mol. The van der Waals surface area contributed by atoms with Gasteiger partial charge in [-0.05, 0) is 24.6 Å². The van der Waals surface area contributed by atoms with E-state index in [1.807, 2.05) is 29.2 Å². The van der Waals surface area contributed by atoms with Crippen molar-refractivity contribution in [2.75, 3.05) is 32.7 Å². The molecule has 1 aromatic rings. The summed E-state index contributed by atoms with van der Waals surface area (Å²) in [4.78, 5) is 16.7. The number of rotatable bonds is 4. The number of amides is 1. The van der Waals surface area contributed by atoms with Crippen LogP contribution in [0, 0.1) is 0 Å². The summed E-state index contributed by atoms with van der Waals surface area (Å²) in [7, 11) is 0. The molecule has 20 heavy (non-hydrogen) atoms. The number of piperazine rings is 1. The van der Waals surface area contributed by atoms with Crippen molar-refractivity contribution < 1.29 is 4.79 Å². The summed E-state index contributed by atoms with van der Waals surface area (Å²) in [6, 6.07) is 7.74. The van der Waals surface area contributed by atoms with Crippen LogP contribution in [0.1, 0.15) is 12.5 Å². The average Bonchev–Trinajstić information content (AvgIpc) is 2.39. The molecule has 0 saturated carbocycles. The number of halogens is 1. The van der Waals surface area contributed by atoms with Crippen molar-refractivity contribution >= 4 is 17.5 Å². The summed E-state index contributed by atoms with van der Waals surface area (Å²) in [5, 5.41) is 0.677. The molecule has 4 nitrogen and oxygen atoms in total. The van der Waals surface area contributed by atoms with Crippen molar-refractivity contribution in [3.63, 3.8) is 0 Å². The number of nitrogens with two attached hydrogens (primary N) is 1. The van der Waals surface area contributed by atoms with Crippen molar-refractivity contribution in [1.29, 1.82) is 0 Å². The van der Waals surface area contributed by atoms with Crippen molar-refractivity contribution in [3.8, 4) is 0 Å². The number of carbonyl (C=O) groups excluding carboxylic acids is 1. The maximum absolute atomic E-state index is 12.4. The lowest BCUT2D eigenvalue weighted by Crippen LogP contribution is -2.55. The van der Waals surface area contributed by atoms with Crippen molar-refractivity contribution in [1.82, 2.24) is 9.80 Å². The van der Waals surface area contributed by atoms with Crippen LogP contribution in [0.15, 0.2) is 24.3 Å².